The molecule has 0 amide bonds. The zero-order chi connectivity index (χ0) is 11.4. The first-order chi connectivity index (χ1) is 7.75. The SMILES string of the molecule is CC(C)N1CCN(C[C@@H]2CCCCO2)CC1. The summed E-state index contributed by atoms with van der Waals surface area (Å²) in [6, 6.07) is 0.702. The quantitative estimate of drug-likeness (QED) is 0.727. The smallest absolute Gasteiger partial charge is 0.0702 e. The van der Waals surface area contributed by atoms with E-state index in [1.165, 1.54) is 45.4 Å². The Morgan fingerprint density at radius 2 is 1.88 bits per heavy atom. The van der Waals surface area contributed by atoms with Crippen LogP contribution in [0.25, 0.3) is 0 Å². The van der Waals surface area contributed by atoms with Gasteiger partial charge in [0.2, 0.25) is 0 Å². The van der Waals surface area contributed by atoms with Gasteiger partial charge < -0.3 is 4.74 Å². The van der Waals surface area contributed by atoms with Gasteiger partial charge in [-0.15, -0.1) is 0 Å². The van der Waals surface area contributed by atoms with Gasteiger partial charge in [0.05, 0.1) is 6.10 Å². The molecule has 0 saturated carbocycles. The molecular weight excluding hydrogens is 200 g/mol. The summed E-state index contributed by atoms with van der Waals surface area (Å²) in [6.07, 6.45) is 4.40. The second kappa shape index (κ2) is 5.99. The summed E-state index contributed by atoms with van der Waals surface area (Å²) in [7, 11) is 0. The van der Waals surface area contributed by atoms with Crippen molar-refractivity contribution in [1.82, 2.24) is 9.80 Å². The number of ether oxygens (including phenoxy) is 1. The molecular formula is C13H26N2O. The van der Waals surface area contributed by atoms with E-state index in [-0.39, 0.29) is 0 Å². The topological polar surface area (TPSA) is 15.7 Å². The van der Waals surface area contributed by atoms with Crippen LogP contribution in [0, 0.1) is 0 Å². The van der Waals surface area contributed by atoms with E-state index >= 15 is 0 Å². The third kappa shape index (κ3) is 3.44. The maximum Gasteiger partial charge on any atom is 0.0702 e. The summed E-state index contributed by atoms with van der Waals surface area (Å²) in [4.78, 5) is 5.15. The molecule has 0 bridgehead atoms. The van der Waals surface area contributed by atoms with Crippen molar-refractivity contribution in [2.24, 2.45) is 0 Å². The summed E-state index contributed by atoms with van der Waals surface area (Å²) in [5.74, 6) is 0. The first-order valence-corrected chi connectivity index (χ1v) is 6.83. The average Bonchev–Trinajstić information content (AvgIpc) is 2.31. The van der Waals surface area contributed by atoms with Crippen molar-refractivity contribution in [1.29, 1.82) is 0 Å². The van der Waals surface area contributed by atoms with Gasteiger partial charge in [-0.1, -0.05) is 0 Å². The second-order valence-electron chi connectivity index (χ2n) is 5.42. The minimum atomic E-state index is 0.513. The zero-order valence-corrected chi connectivity index (χ0v) is 10.8. The first kappa shape index (κ1) is 12.3. The van der Waals surface area contributed by atoms with Crippen molar-refractivity contribution in [3.8, 4) is 0 Å². The third-order valence-electron chi connectivity index (χ3n) is 3.87. The summed E-state index contributed by atoms with van der Waals surface area (Å²) < 4.78 is 5.80. The Morgan fingerprint density at radius 1 is 1.12 bits per heavy atom. The molecule has 0 aromatic heterocycles. The first-order valence-electron chi connectivity index (χ1n) is 6.83. The van der Waals surface area contributed by atoms with Crippen LogP contribution in [0.1, 0.15) is 33.1 Å². The van der Waals surface area contributed by atoms with Gasteiger partial charge in [0.25, 0.3) is 0 Å². The molecule has 0 N–H and O–H groups in total. The molecule has 0 radical (unpaired) electrons. The van der Waals surface area contributed by atoms with E-state index in [9.17, 15) is 0 Å². The van der Waals surface area contributed by atoms with Crippen molar-refractivity contribution in [3.63, 3.8) is 0 Å². The normalized spacial score (nSPS) is 29.8. The van der Waals surface area contributed by atoms with Crippen LogP contribution in [-0.4, -0.2) is 61.3 Å². The van der Waals surface area contributed by atoms with E-state index in [1.54, 1.807) is 0 Å². The lowest BCUT2D eigenvalue weighted by molar-refractivity contribution is -0.0159. The molecule has 94 valence electrons. The molecule has 3 heteroatoms. The largest absolute Gasteiger partial charge is 0.377 e. The molecule has 0 aliphatic carbocycles. The summed E-state index contributed by atoms with van der Waals surface area (Å²) >= 11 is 0. The molecule has 1 atom stereocenters. The van der Waals surface area contributed by atoms with Crippen LogP contribution in [0.4, 0.5) is 0 Å². The third-order valence-corrected chi connectivity index (χ3v) is 3.87. The Kier molecular flexibility index (Phi) is 4.62. The molecule has 2 saturated heterocycles. The number of rotatable bonds is 3. The Labute approximate surface area is 99.7 Å². The lowest BCUT2D eigenvalue weighted by Gasteiger charge is -2.38. The predicted molar refractivity (Wildman–Crippen MR) is 66.7 cm³/mol. The molecule has 0 aromatic rings. The Hall–Kier alpha value is -0.120. The highest BCUT2D eigenvalue weighted by Gasteiger charge is 2.22. The van der Waals surface area contributed by atoms with E-state index in [4.69, 9.17) is 4.74 Å². The Morgan fingerprint density at radius 3 is 2.44 bits per heavy atom. The highest BCUT2D eigenvalue weighted by atomic mass is 16.5. The Bertz CT molecular complexity index is 194. The van der Waals surface area contributed by atoms with Gasteiger partial charge in [-0.25, -0.2) is 0 Å². The molecule has 2 heterocycles. The van der Waals surface area contributed by atoms with Crippen LogP contribution in [-0.2, 0) is 4.74 Å². The average molecular weight is 226 g/mol. The van der Waals surface area contributed by atoms with E-state index in [1.807, 2.05) is 0 Å². The van der Waals surface area contributed by atoms with Gasteiger partial charge in [0, 0.05) is 45.4 Å². The van der Waals surface area contributed by atoms with Gasteiger partial charge in [-0.05, 0) is 33.1 Å². The lowest BCUT2D eigenvalue weighted by Crippen LogP contribution is -2.51. The van der Waals surface area contributed by atoms with Crippen molar-refractivity contribution in [2.45, 2.75) is 45.3 Å². The minimum absolute atomic E-state index is 0.513. The van der Waals surface area contributed by atoms with E-state index in [2.05, 4.69) is 23.6 Å². The maximum absolute atomic E-state index is 5.80. The highest BCUT2D eigenvalue weighted by Crippen LogP contribution is 2.15. The lowest BCUT2D eigenvalue weighted by atomic mass is 10.1. The fraction of sp³-hybridized carbons (Fsp3) is 1.00. The van der Waals surface area contributed by atoms with Crippen LogP contribution >= 0.6 is 0 Å². The van der Waals surface area contributed by atoms with Crippen LogP contribution in [0.2, 0.25) is 0 Å². The van der Waals surface area contributed by atoms with Gasteiger partial charge >= 0.3 is 0 Å². The number of piperazine rings is 1. The van der Waals surface area contributed by atoms with Gasteiger partial charge in [-0.2, -0.15) is 0 Å². The number of hydrogen-bond donors (Lipinski definition) is 0. The predicted octanol–water partition coefficient (Wildman–Crippen LogP) is 1.58. The summed E-state index contributed by atoms with van der Waals surface area (Å²) in [6.45, 7) is 11.6. The van der Waals surface area contributed by atoms with Crippen molar-refractivity contribution in [2.75, 3.05) is 39.3 Å². The van der Waals surface area contributed by atoms with E-state index in [0.29, 0.717) is 12.1 Å². The molecule has 2 fully saturated rings. The minimum Gasteiger partial charge on any atom is -0.377 e. The van der Waals surface area contributed by atoms with Gasteiger partial charge in [0.15, 0.2) is 0 Å². The van der Waals surface area contributed by atoms with Gasteiger partial charge in [-0.3, -0.25) is 9.80 Å². The van der Waals surface area contributed by atoms with E-state index < -0.39 is 0 Å². The van der Waals surface area contributed by atoms with Gasteiger partial charge in [0.1, 0.15) is 0 Å². The number of hydrogen-bond acceptors (Lipinski definition) is 3. The molecule has 0 spiro atoms. The van der Waals surface area contributed by atoms with Crippen LogP contribution in [0.5, 0.6) is 0 Å². The molecule has 2 rings (SSSR count). The zero-order valence-electron chi connectivity index (χ0n) is 10.8. The maximum atomic E-state index is 5.80. The molecule has 16 heavy (non-hydrogen) atoms. The fourth-order valence-corrected chi connectivity index (χ4v) is 2.70. The summed E-state index contributed by atoms with van der Waals surface area (Å²) in [5.41, 5.74) is 0. The standard InChI is InChI=1S/C13H26N2O/c1-12(2)15-8-6-14(7-9-15)11-13-5-3-4-10-16-13/h12-13H,3-11H2,1-2H3/t13-/m0/s1. The molecule has 0 aromatic carbocycles. The number of nitrogens with zero attached hydrogens (tertiary/aromatic N) is 2. The highest BCUT2D eigenvalue weighted by molar-refractivity contribution is 4.77. The van der Waals surface area contributed by atoms with Crippen molar-refractivity contribution >= 4 is 0 Å². The van der Waals surface area contributed by atoms with Crippen molar-refractivity contribution < 1.29 is 4.74 Å². The second-order valence-corrected chi connectivity index (χ2v) is 5.42. The van der Waals surface area contributed by atoms with Crippen molar-refractivity contribution in [3.05, 3.63) is 0 Å². The fourth-order valence-electron chi connectivity index (χ4n) is 2.70. The Balaban J connectivity index is 1.68. The monoisotopic (exact) mass is 226 g/mol. The molecule has 2 aliphatic rings. The van der Waals surface area contributed by atoms with Crippen LogP contribution < -0.4 is 0 Å². The van der Waals surface area contributed by atoms with E-state index in [0.717, 1.165) is 13.2 Å². The van der Waals surface area contributed by atoms with Crippen LogP contribution in [0.15, 0.2) is 0 Å². The molecule has 3 nitrogen and oxygen atoms in total. The molecule has 2 aliphatic heterocycles. The summed E-state index contributed by atoms with van der Waals surface area (Å²) in [5, 5.41) is 0. The molecule has 0 unspecified atom stereocenters. The van der Waals surface area contributed by atoms with Crippen LogP contribution in [0.3, 0.4) is 0 Å².